The molecule has 0 bridgehead atoms. The second-order valence-electron chi connectivity index (χ2n) is 6.40. The molecule has 0 amide bonds. The second-order valence-corrected chi connectivity index (χ2v) is 7.25. The summed E-state index contributed by atoms with van der Waals surface area (Å²) in [6, 6.07) is 2.99. The highest BCUT2D eigenvalue weighted by molar-refractivity contribution is 9.10. The summed E-state index contributed by atoms with van der Waals surface area (Å²) in [5.41, 5.74) is 0.725. The van der Waals surface area contributed by atoms with Crippen LogP contribution in [0.25, 0.3) is 0 Å². The van der Waals surface area contributed by atoms with Gasteiger partial charge in [0.1, 0.15) is 5.75 Å². The Labute approximate surface area is 144 Å². The molecular weight excluding hydrogens is 362 g/mol. The summed E-state index contributed by atoms with van der Waals surface area (Å²) in [5, 5.41) is 25.1. The third-order valence-corrected chi connectivity index (χ3v) is 5.60. The van der Waals surface area contributed by atoms with Gasteiger partial charge in [-0.05, 0) is 34.7 Å². The van der Waals surface area contributed by atoms with Gasteiger partial charge in [-0.25, -0.2) is 0 Å². The first-order valence-corrected chi connectivity index (χ1v) is 8.99. The van der Waals surface area contributed by atoms with Gasteiger partial charge in [0, 0.05) is 49.9 Å². The van der Waals surface area contributed by atoms with Crippen molar-refractivity contribution >= 4 is 21.6 Å². The van der Waals surface area contributed by atoms with Crippen LogP contribution < -0.4 is 5.32 Å². The molecule has 7 heteroatoms. The molecule has 1 aliphatic carbocycles. The Balaban J connectivity index is 2.02. The van der Waals surface area contributed by atoms with E-state index in [4.69, 9.17) is 0 Å². The maximum atomic E-state index is 11.2. The maximum Gasteiger partial charge on any atom is 0.271 e. The molecule has 1 aromatic carbocycles. The SMILES string of the molecule is O=[N+]([O-])c1cc(Br)c(O)c([C@@H](C2CCCC2)N2CCNCC2)c1. The predicted octanol–water partition coefficient (Wildman–Crippen LogP) is 3.20. The third kappa shape index (κ3) is 3.51. The number of nitrogens with one attached hydrogen (secondary N) is 1. The van der Waals surface area contributed by atoms with E-state index < -0.39 is 4.92 Å². The molecule has 126 valence electrons. The van der Waals surface area contributed by atoms with Crippen LogP contribution in [0.3, 0.4) is 0 Å². The minimum atomic E-state index is -0.392. The number of rotatable bonds is 4. The number of non-ortho nitro benzene ring substituents is 1. The van der Waals surface area contributed by atoms with Crippen molar-refractivity contribution in [3.8, 4) is 5.75 Å². The number of nitrogens with zero attached hydrogens (tertiary/aromatic N) is 2. The zero-order valence-electron chi connectivity index (χ0n) is 13.0. The molecule has 1 saturated carbocycles. The highest BCUT2D eigenvalue weighted by Crippen LogP contribution is 2.45. The molecule has 6 nitrogen and oxygen atoms in total. The Morgan fingerprint density at radius 2 is 1.96 bits per heavy atom. The second kappa shape index (κ2) is 7.15. The van der Waals surface area contributed by atoms with Crippen LogP contribution in [0.15, 0.2) is 16.6 Å². The molecule has 2 N–H and O–H groups in total. The summed E-state index contributed by atoms with van der Waals surface area (Å²) in [6.45, 7) is 3.64. The van der Waals surface area contributed by atoms with E-state index in [2.05, 4.69) is 26.1 Å². The summed E-state index contributed by atoms with van der Waals surface area (Å²) >= 11 is 3.28. The number of nitro benzene ring substituents is 1. The highest BCUT2D eigenvalue weighted by atomic mass is 79.9. The molecule has 0 unspecified atom stereocenters. The number of phenols is 1. The van der Waals surface area contributed by atoms with Crippen molar-refractivity contribution in [1.29, 1.82) is 0 Å². The topological polar surface area (TPSA) is 78.6 Å². The van der Waals surface area contributed by atoms with Crippen LogP contribution in [0.5, 0.6) is 5.75 Å². The van der Waals surface area contributed by atoms with Crippen LogP contribution in [0.1, 0.15) is 37.3 Å². The van der Waals surface area contributed by atoms with Crippen LogP contribution in [0.2, 0.25) is 0 Å². The number of piperazine rings is 1. The average Bonchev–Trinajstić information content (AvgIpc) is 3.06. The molecular formula is C16H22BrN3O3. The fourth-order valence-corrected chi connectivity index (χ4v) is 4.38. The van der Waals surface area contributed by atoms with Crippen LogP contribution in [0, 0.1) is 16.0 Å². The van der Waals surface area contributed by atoms with Gasteiger partial charge in [-0.1, -0.05) is 12.8 Å². The fraction of sp³-hybridized carbons (Fsp3) is 0.625. The van der Waals surface area contributed by atoms with Gasteiger partial charge < -0.3 is 10.4 Å². The molecule has 23 heavy (non-hydrogen) atoms. The quantitative estimate of drug-likeness (QED) is 0.616. The van der Waals surface area contributed by atoms with Gasteiger partial charge in [-0.15, -0.1) is 0 Å². The van der Waals surface area contributed by atoms with E-state index in [9.17, 15) is 15.2 Å². The van der Waals surface area contributed by atoms with E-state index in [1.165, 1.54) is 18.9 Å². The van der Waals surface area contributed by atoms with Gasteiger partial charge in [0.2, 0.25) is 0 Å². The average molecular weight is 384 g/mol. The summed E-state index contributed by atoms with van der Waals surface area (Å²) < 4.78 is 0.403. The van der Waals surface area contributed by atoms with E-state index >= 15 is 0 Å². The summed E-state index contributed by atoms with van der Waals surface area (Å²) in [7, 11) is 0. The molecule has 2 fully saturated rings. The first-order chi connectivity index (χ1) is 11.1. The summed E-state index contributed by atoms with van der Waals surface area (Å²) in [4.78, 5) is 13.2. The molecule has 0 radical (unpaired) electrons. The van der Waals surface area contributed by atoms with Gasteiger partial charge in [0.15, 0.2) is 0 Å². The van der Waals surface area contributed by atoms with E-state index in [0.717, 1.165) is 39.0 Å². The van der Waals surface area contributed by atoms with E-state index in [0.29, 0.717) is 16.0 Å². The van der Waals surface area contributed by atoms with Gasteiger partial charge >= 0.3 is 0 Å². The number of halogens is 1. The number of nitro groups is 1. The number of benzene rings is 1. The van der Waals surface area contributed by atoms with Gasteiger partial charge in [-0.3, -0.25) is 15.0 Å². The van der Waals surface area contributed by atoms with E-state index in [1.807, 2.05) is 0 Å². The van der Waals surface area contributed by atoms with Gasteiger partial charge in [0.05, 0.1) is 9.40 Å². The summed E-state index contributed by atoms with van der Waals surface area (Å²) in [5.74, 6) is 0.596. The molecule has 0 aromatic heterocycles. The van der Waals surface area contributed by atoms with E-state index in [1.54, 1.807) is 6.07 Å². The molecule has 0 spiro atoms. The van der Waals surface area contributed by atoms with Crippen LogP contribution in [-0.2, 0) is 0 Å². The van der Waals surface area contributed by atoms with Crippen molar-refractivity contribution in [2.75, 3.05) is 26.2 Å². The lowest BCUT2D eigenvalue weighted by molar-refractivity contribution is -0.385. The lowest BCUT2D eigenvalue weighted by Gasteiger charge is -2.38. The monoisotopic (exact) mass is 383 g/mol. The highest BCUT2D eigenvalue weighted by Gasteiger charge is 2.35. The third-order valence-electron chi connectivity index (χ3n) is 5.00. The normalized spacial score (nSPS) is 21.4. The number of hydrogen-bond acceptors (Lipinski definition) is 5. The number of phenolic OH excluding ortho intramolecular Hbond substituents is 1. The first-order valence-electron chi connectivity index (χ1n) is 8.19. The van der Waals surface area contributed by atoms with Crippen molar-refractivity contribution in [3.05, 3.63) is 32.3 Å². The lowest BCUT2D eigenvalue weighted by Crippen LogP contribution is -2.46. The van der Waals surface area contributed by atoms with Crippen LogP contribution in [-0.4, -0.2) is 41.1 Å². The Morgan fingerprint density at radius 1 is 1.30 bits per heavy atom. The fourth-order valence-electron chi connectivity index (χ4n) is 3.92. The lowest BCUT2D eigenvalue weighted by atomic mass is 9.89. The summed E-state index contributed by atoms with van der Waals surface area (Å²) in [6.07, 6.45) is 4.64. The molecule has 1 aliphatic heterocycles. The Bertz CT molecular complexity index is 584. The van der Waals surface area contributed by atoms with Crippen molar-refractivity contribution < 1.29 is 10.0 Å². The number of hydrogen-bond donors (Lipinski definition) is 2. The molecule has 1 atom stereocenters. The van der Waals surface area contributed by atoms with Crippen LogP contribution >= 0.6 is 15.9 Å². The minimum Gasteiger partial charge on any atom is -0.506 e. The van der Waals surface area contributed by atoms with E-state index in [-0.39, 0.29) is 17.5 Å². The van der Waals surface area contributed by atoms with Gasteiger partial charge in [0.25, 0.3) is 5.69 Å². The molecule has 2 aliphatic rings. The Morgan fingerprint density at radius 3 is 2.57 bits per heavy atom. The molecule has 1 aromatic rings. The predicted molar refractivity (Wildman–Crippen MR) is 91.6 cm³/mol. The largest absolute Gasteiger partial charge is 0.506 e. The standard InChI is InChI=1S/C16H22BrN3O3/c17-14-10-12(20(22)23)9-13(16(14)21)15(11-3-1-2-4-11)19-7-5-18-6-8-19/h9-11,15,18,21H,1-8H2/t15-/m1/s1. The maximum absolute atomic E-state index is 11.2. The van der Waals surface area contributed by atoms with Crippen LogP contribution in [0.4, 0.5) is 5.69 Å². The van der Waals surface area contributed by atoms with Crippen molar-refractivity contribution in [1.82, 2.24) is 10.2 Å². The van der Waals surface area contributed by atoms with Crippen molar-refractivity contribution in [2.45, 2.75) is 31.7 Å². The molecule has 3 rings (SSSR count). The molecule has 1 heterocycles. The van der Waals surface area contributed by atoms with Crippen molar-refractivity contribution in [3.63, 3.8) is 0 Å². The zero-order chi connectivity index (χ0) is 16.4. The first kappa shape index (κ1) is 16.7. The Hall–Kier alpha value is -1.18. The Kier molecular flexibility index (Phi) is 5.18. The minimum absolute atomic E-state index is 0.0304. The zero-order valence-corrected chi connectivity index (χ0v) is 14.6. The number of aromatic hydroxyl groups is 1. The van der Waals surface area contributed by atoms with Gasteiger partial charge in [-0.2, -0.15) is 0 Å². The molecule has 1 saturated heterocycles. The smallest absolute Gasteiger partial charge is 0.271 e. The van der Waals surface area contributed by atoms with Crippen molar-refractivity contribution in [2.24, 2.45) is 5.92 Å².